The van der Waals surface area contributed by atoms with Crippen LogP contribution in [0, 0.1) is 0 Å². The van der Waals surface area contributed by atoms with Gasteiger partial charge in [0, 0.05) is 12.6 Å². The number of rotatable bonds is 6. The number of ether oxygens (including phenoxy) is 1. The first-order valence-corrected chi connectivity index (χ1v) is 8.23. The molecular weight excluding hydrogens is 276 g/mol. The Morgan fingerprint density at radius 1 is 1.36 bits per heavy atom. The number of likely N-dealkylation sites (N-methyl/N-ethyl adjacent to an activating group) is 1. The quantitative estimate of drug-likeness (QED) is 0.878. The summed E-state index contributed by atoms with van der Waals surface area (Å²) in [6.45, 7) is 2.70. The predicted molar refractivity (Wildman–Crippen MR) is 88.9 cm³/mol. The summed E-state index contributed by atoms with van der Waals surface area (Å²) < 4.78 is 5.25. The summed E-state index contributed by atoms with van der Waals surface area (Å²) in [7, 11) is 3.66. The summed E-state index contributed by atoms with van der Waals surface area (Å²) in [6.07, 6.45) is 6.02. The van der Waals surface area contributed by atoms with Crippen LogP contribution >= 0.6 is 0 Å². The zero-order valence-electron chi connectivity index (χ0n) is 14.0. The van der Waals surface area contributed by atoms with Gasteiger partial charge in [-0.1, -0.05) is 31.4 Å². The lowest BCUT2D eigenvalue weighted by Gasteiger charge is -2.28. The molecule has 1 aliphatic rings. The van der Waals surface area contributed by atoms with Gasteiger partial charge in [-0.25, -0.2) is 0 Å². The molecule has 0 radical (unpaired) electrons. The molecule has 1 fully saturated rings. The first-order chi connectivity index (χ1) is 10.6. The normalized spacial score (nSPS) is 17.3. The van der Waals surface area contributed by atoms with Crippen molar-refractivity contribution in [2.45, 2.75) is 57.7 Å². The Morgan fingerprint density at radius 3 is 2.77 bits per heavy atom. The Labute approximate surface area is 133 Å². The number of methoxy groups -OCH3 is 1. The second-order valence-electron chi connectivity index (χ2n) is 6.29. The fourth-order valence-electron chi connectivity index (χ4n) is 2.96. The van der Waals surface area contributed by atoms with Crippen LogP contribution in [0.4, 0.5) is 0 Å². The van der Waals surface area contributed by atoms with E-state index in [-0.39, 0.29) is 11.9 Å². The third kappa shape index (κ3) is 4.73. The number of benzene rings is 1. The Balaban J connectivity index is 1.87. The molecule has 1 aromatic rings. The first kappa shape index (κ1) is 16.8. The van der Waals surface area contributed by atoms with E-state index in [9.17, 15) is 4.79 Å². The molecule has 1 amide bonds. The largest absolute Gasteiger partial charge is 0.497 e. The first-order valence-electron chi connectivity index (χ1n) is 8.23. The molecule has 2 rings (SSSR count). The van der Waals surface area contributed by atoms with Crippen LogP contribution in [0.5, 0.6) is 5.75 Å². The highest BCUT2D eigenvalue weighted by Gasteiger charge is 2.22. The van der Waals surface area contributed by atoms with Gasteiger partial charge in [0.05, 0.1) is 13.2 Å². The Bertz CT molecular complexity index is 484. The average Bonchev–Trinajstić information content (AvgIpc) is 2.55. The van der Waals surface area contributed by atoms with E-state index in [1.807, 2.05) is 32.2 Å². The number of hydrogen-bond donors (Lipinski definition) is 1. The van der Waals surface area contributed by atoms with Crippen LogP contribution in [-0.2, 0) is 11.3 Å². The third-order valence-electron chi connectivity index (χ3n) is 4.56. The van der Waals surface area contributed by atoms with Gasteiger partial charge in [0.2, 0.25) is 5.91 Å². The van der Waals surface area contributed by atoms with Crippen molar-refractivity contribution in [3.05, 3.63) is 29.8 Å². The molecule has 1 atom stereocenters. The Morgan fingerprint density at radius 2 is 2.09 bits per heavy atom. The highest BCUT2D eigenvalue weighted by Crippen LogP contribution is 2.18. The predicted octanol–water partition coefficient (Wildman–Crippen LogP) is 2.96. The summed E-state index contributed by atoms with van der Waals surface area (Å²) in [5, 5.41) is 3.20. The number of nitrogens with zero attached hydrogens (tertiary/aromatic N) is 1. The molecule has 22 heavy (non-hydrogen) atoms. The molecule has 0 heterocycles. The third-order valence-corrected chi connectivity index (χ3v) is 4.56. The molecule has 1 saturated carbocycles. The van der Waals surface area contributed by atoms with E-state index >= 15 is 0 Å². The molecular formula is C18H28N2O2. The van der Waals surface area contributed by atoms with Crippen molar-refractivity contribution in [1.29, 1.82) is 0 Å². The standard InChI is InChI=1S/C18H28N2O2/c1-14(18(21)19-16-9-5-4-6-10-16)20(2)13-15-8-7-11-17(12-15)22-3/h7-8,11-12,14,16H,4-6,9-10,13H2,1-3H3,(H,19,21). The van der Waals surface area contributed by atoms with Crippen molar-refractivity contribution in [2.24, 2.45) is 0 Å². The maximum atomic E-state index is 12.4. The molecule has 0 aromatic heterocycles. The average molecular weight is 304 g/mol. The van der Waals surface area contributed by atoms with Gasteiger partial charge in [-0.2, -0.15) is 0 Å². The van der Waals surface area contributed by atoms with E-state index in [2.05, 4.69) is 16.3 Å². The SMILES string of the molecule is COc1cccc(CN(C)C(C)C(=O)NC2CCCCC2)c1. The van der Waals surface area contributed by atoms with E-state index in [1.54, 1.807) is 7.11 Å². The number of nitrogens with one attached hydrogen (secondary N) is 1. The van der Waals surface area contributed by atoms with Crippen molar-refractivity contribution in [2.75, 3.05) is 14.2 Å². The molecule has 1 aromatic carbocycles. The highest BCUT2D eigenvalue weighted by molar-refractivity contribution is 5.81. The monoisotopic (exact) mass is 304 g/mol. The maximum absolute atomic E-state index is 12.4. The Hall–Kier alpha value is -1.55. The molecule has 122 valence electrons. The molecule has 0 bridgehead atoms. The Kier molecular flexibility index (Phi) is 6.25. The van der Waals surface area contributed by atoms with Crippen molar-refractivity contribution >= 4 is 5.91 Å². The fraction of sp³-hybridized carbons (Fsp3) is 0.611. The van der Waals surface area contributed by atoms with Gasteiger partial charge in [0.15, 0.2) is 0 Å². The van der Waals surface area contributed by atoms with Crippen molar-refractivity contribution < 1.29 is 9.53 Å². The van der Waals surface area contributed by atoms with Gasteiger partial charge in [-0.05, 0) is 44.5 Å². The number of carbonyl (C=O) groups is 1. The van der Waals surface area contributed by atoms with Crippen LogP contribution < -0.4 is 10.1 Å². The van der Waals surface area contributed by atoms with Gasteiger partial charge in [-0.15, -0.1) is 0 Å². The molecule has 4 heteroatoms. The van der Waals surface area contributed by atoms with E-state index in [4.69, 9.17) is 4.74 Å². The highest BCUT2D eigenvalue weighted by atomic mass is 16.5. The van der Waals surface area contributed by atoms with E-state index in [1.165, 1.54) is 19.3 Å². The number of amides is 1. The minimum absolute atomic E-state index is 0.131. The van der Waals surface area contributed by atoms with Gasteiger partial charge in [0.1, 0.15) is 5.75 Å². The minimum Gasteiger partial charge on any atom is -0.497 e. The minimum atomic E-state index is -0.131. The van der Waals surface area contributed by atoms with Crippen molar-refractivity contribution in [3.8, 4) is 5.75 Å². The van der Waals surface area contributed by atoms with Crippen LogP contribution in [-0.4, -0.2) is 37.0 Å². The second-order valence-corrected chi connectivity index (χ2v) is 6.29. The second kappa shape index (κ2) is 8.18. The van der Waals surface area contributed by atoms with Crippen molar-refractivity contribution in [3.63, 3.8) is 0 Å². The van der Waals surface area contributed by atoms with Gasteiger partial charge in [0.25, 0.3) is 0 Å². The topological polar surface area (TPSA) is 41.6 Å². The molecule has 1 unspecified atom stereocenters. The van der Waals surface area contributed by atoms with Gasteiger partial charge in [-0.3, -0.25) is 9.69 Å². The summed E-state index contributed by atoms with van der Waals surface area (Å²) in [5.74, 6) is 0.988. The van der Waals surface area contributed by atoms with Crippen LogP contribution in [0.3, 0.4) is 0 Å². The molecule has 1 N–H and O–H groups in total. The van der Waals surface area contributed by atoms with Crippen LogP contribution in [0.2, 0.25) is 0 Å². The molecule has 0 spiro atoms. The summed E-state index contributed by atoms with van der Waals surface area (Å²) in [4.78, 5) is 14.5. The maximum Gasteiger partial charge on any atom is 0.237 e. The zero-order chi connectivity index (χ0) is 15.9. The summed E-state index contributed by atoms with van der Waals surface area (Å²) in [5.41, 5.74) is 1.15. The molecule has 0 saturated heterocycles. The zero-order valence-corrected chi connectivity index (χ0v) is 14.0. The van der Waals surface area contributed by atoms with E-state index < -0.39 is 0 Å². The van der Waals surface area contributed by atoms with Crippen LogP contribution in [0.1, 0.15) is 44.6 Å². The molecule has 0 aliphatic heterocycles. The fourth-order valence-corrected chi connectivity index (χ4v) is 2.96. The summed E-state index contributed by atoms with van der Waals surface area (Å²) >= 11 is 0. The lowest BCUT2D eigenvalue weighted by atomic mass is 9.95. The van der Waals surface area contributed by atoms with Crippen LogP contribution in [0.15, 0.2) is 24.3 Å². The van der Waals surface area contributed by atoms with Crippen LogP contribution in [0.25, 0.3) is 0 Å². The lowest BCUT2D eigenvalue weighted by Crippen LogP contribution is -2.47. The van der Waals surface area contributed by atoms with E-state index in [0.717, 1.165) is 30.7 Å². The summed E-state index contributed by atoms with van der Waals surface area (Å²) in [6, 6.07) is 8.23. The lowest BCUT2D eigenvalue weighted by molar-refractivity contribution is -0.126. The number of hydrogen-bond acceptors (Lipinski definition) is 3. The number of carbonyl (C=O) groups excluding carboxylic acids is 1. The van der Waals surface area contributed by atoms with Crippen molar-refractivity contribution in [1.82, 2.24) is 10.2 Å². The molecule has 1 aliphatic carbocycles. The van der Waals surface area contributed by atoms with Gasteiger partial charge < -0.3 is 10.1 Å². The molecule has 4 nitrogen and oxygen atoms in total. The smallest absolute Gasteiger partial charge is 0.237 e. The van der Waals surface area contributed by atoms with E-state index in [0.29, 0.717) is 6.04 Å². The van der Waals surface area contributed by atoms with Gasteiger partial charge >= 0.3 is 0 Å².